The van der Waals surface area contributed by atoms with Gasteiger partial charge in [-0.2, -0.15) is 23.2 Å². The van der Waals surface area contributed by atoms with Gasteiger partial charge in [-0.1, -0.05) is 83.9 Å². The molecule has 4 atom stereocenters. The number of ether oxygens (including phenoxy) is 3. The van der Waals surface area contributed by atoms with Crippen LogP contribution in [0.15, 0.2) is 97.1 Å². The van der Waals surface area contributed by atoms with Gasteiger partial charge in [0.25, 0.3) is 0 Å². The number of esters is 1. The molecular formula is C47H58N6O8S. The second-order valence-corrected chi connectivity index (χ2v) is 13.8. The molecule has 0 spiro atoms. The maximum Gasteiger partial charge on any atom is 0.344 e. The zero-order chi connectivity index (χ0) is 46.6. The number of carbonyl (C=O) groups excluding carboxylic acids is 3. The van der Waals surface area contributed by atoms with E-state index in [0.29, 0.717) is 30.8 Å². The predicted octanol–water partition coefficient (Wildman–Crippen LogP) is 4.70. The number of carboxylic acid groups (broad SMARTS) is 1. The fourth-order valence-electron chi connectivity index (χ4n) is 6.04. The lowest BCUT2D eigenvalue weighted by Gasteiger charge is -2.19. The minimum Gasteiger partial charge on any atom is -0.482 e. The second-order valence-electron chi connectivity index (χ2n) is 13.8. The summed E-state index contributed by atoms with van der Waals surface area (Å²) in [5, 5.41) is 39.3. The number of carboxylic acids is 1. The van der Waals surface area contributed by atoms with Crippen LogP contribution in [0.1, 0.15) is 41.7 Å². The average Bonchev–Trinajstić information content (AvgIpc) is 3.28. The number of aryl methyl sites for hydroxylation is 2. The highest BCUT2D eigenvalue weighted by Gasteiger charge is 2.22. The van der Waals surface area contributed by atoms with Gasteiger partial charge in [0.15, 0.2) is 13.2 Å². The van der Waals surface area contributed by atoms with Gasteiger partial charge in [0.1, 0.15) is 23.6 Å². The number of amides is 2. The number of nitriles is 2. The van der Waals surface area contributed by atoms with Gasteiger partial charge in [-0.25, -0.2) is 9.59 Å². The molecule has 62 heavy (non-hydrogen) atoms. The Morgan fingerprint density at radius 1 is 0.661 bits per heavy atom. The van der Waals surface area contributed by atoms with Gasteiger partial charge < -0.3 is 40.6 Å². The lowest BCUT2D eigenvalue weighted by molar-refractivity contribution is -0.145. The van der Waals surface area contributed by atoms with E-state index in [2.05, 4.69) is 46.0 Å². The van der Waals surface area contributed by atoms with Crippen LogP contribution in [0.2, 0.25) is 0 Å². The fraction of sp³-hybridized carbons (Fsp3) is 0.362. The first kappa shape index (κ1) is 50.0. The maximum absolute atomic E-state index is 12.7. The third-order valence-electron chi connectivity index (χ3n) is 8.98. The number of hydrogen-bond acceptors (Lipinski definition) is 12. The van der Waals surface area contributed by atoms with Crippen molar-refractivity contribution in [1.29, 1.82) is 10.5 Å². The summed E-state index contributed by atoms with van der Waals surface area (Å²) in [6.45, 7) is 3.33. The first-order valence-electron chi connectivity index (χ1n) is 20.5. The normalized spacial score (nSPS) is 12.3. The number of rotatable bonds is 21. The smallest absolute Gasteiger partial charge is 0.344 e. The standard InChI is InChI=1S/C24H29N3O4.C22H25N3O4.CH4S/c1-4-30-23(28)16-31-21-10-6-9-19(13-21)12-20(15-25)27-24(29)22(26-3)14-18-8-5-7-17(2)11-18;1-15-5-3-6-16(9-15)12-20(24-2)22(28)25-18(13-23)10-17-7-4-8-19(11-17)29-14-21(26)27;1-2/h5-11,13,20,22,26H,4,12,14,16H2,1-3H3,(H,27,29);3-9,11,18,20,24H,10,12,14H2,1-2H3,(H,25,28)(H,26,27);2H,1H3/t20-,22-;18-,20-;/m00./s1/i1T;;. The predicted molar refractivity (Wildman–Crippen MR) is 241 cm³/mol. The zero-order valence-electron chi connectivity index (χ0n) is 36.9. The molecule has 4 rings (SSSR count). The van der Waals surface area contributed by atoms with Crippen molar-refractivity contribution in [2.75, 3.05) is 40.2 Å². The van der Waals surface area contributed by atoms with Gasteiger partial charge in [-0.3, -0.25) is 9.59 Å². The number of benzene rings is 4. The van der Waals surface area contributed by atoms with Gasteiger partial charge in [0, 0.05) is 14.2 Å². The van der Waals surface area contributed by atoms with Crippen molar-refractivity contribution < 1.29 is 39.9 Å². The van der Waals surface area contributed by atoms with Crippen molar-refractivity contribution in [2.45, 2.75) is 70.6 Å². The highest BCUT2D eigenvalue weighted by Crippen LogP contribution is 2.17. The molecule has 0 saturated carbocycles. The summed E-state index contributed by atoms with van der Waals surface area (Å²) in [5.74, 6) is -1.24. The van der Waals surface area contributed by atoms with Crippen molar-refractivity contribution in [3.05, 3.63) is 130 Å². The Labute approximate surface area is 371 Å². The van der Waals surface area contributed by atoms with Gasteiger partial charge in [0.05, 0.1) is 30.8 Å². The van der Waals surface area contributed by atoms with Crippen molar-refractivity contribution >= 4 is 36.4 Å². The van der Waals surface area contributed by atoms with E-state index in [1.807, 2.05) is 68.4 Å². The number of thiol groups is 1. The van der Waals surface area contributed by atoms with Crippen LogP contribution in [0.25, 0.3) is 0 Å². The molecule has 0 aliphatic heterocycles. The van der Waals surface area contributed by atoms with E-state index in [4.69, 9.17) is 20.7 Å². The zero-order valence-corrected chi connectivity index (χ0v) is 36.7. The summed E-state index contributed by atoms with van der Waals surface area (Å²) >= 11 is 3.53. The van der Waals surface area contributed by atoms with E-state index in [1.54, 1.807) is 62.8 Å². The minimum absolute atomic E-state index is 0.00188. The summed E-state index contributed by atoms with van der Waals surface area (Å²) < 4.78 is 22.4. The fourth-order valence-corrected chi connectivity index (χ4v) is 6.04. The Morgan fingerprint density at radius 2 is 1.06 bits per heavy atom. The van der Waals surface area contributed by atoms with Crippen LogP contribution in [0.5, 0.6) is 11.5 Å². The van der Waals surface area contributed by atoms with Crippen LogP contribution >= 0.6 is 12.6 Å². The minimum atomic E-state index is -1.07. The van der Waals surface area contributed by atoms with Gasteiger partial charge in [-0.05, 0) is 100 Å². The number of likely N-dealkylation sites (N-methyl/N-ethyl adjacent to an activating group) is 2. The third-order valence-corrected chi connectivity index (χ3v) is 8.98. The Bertz CT molecular complexity index is 2150. The molecule has 4 aromatic rings. The Kier molecular flexibility index (Phi) is 23.3. The Morgan fingerprint density at radius 3 is 1.44 bits per heavy atom. The maximum atomic E-state index is 12.7. The van der Waals surface area contributed by atoms with Crippen LogP contribution < -0.4 is 30.7 Å². The molecule has 5 N–H and O–H groups in total. The highest BCUT2D eigenvalue weighted by molar-refractivity contribution is 7.79. The SMILES string of the molecule is CN[C@@H](Cc1cccc(C)c1)C(=O)N[C@H](C#N)Cc1cccc(OCC(=O)O)c1.CS.[3H]CCOC(=O)COc1cccc(C[C@@H](C#N)NC(=O)[C@H](Cc2cccc(C)c2)NC)c1. The molecule has 15 heteroatoms. The number of nitrogens with zero attached hydrogens (tertiary/aromatic N) is 2. The largest absolute Gasteiger partial charge is 0.482 e. The van der Waals surface area contributed by atoms with Gasteiger partial charge >= 0.3 is 11.9 Å². The first-order valence-corrected chi connectivity index (χ1v) is 20.7. The molecule has 4 aromatic carbocycles. The van der Waals surface area contributed by atoms with Crippen molar-refractivity contribution in [3.8, 4) is 23.6 Å². The lowest BCUT2D eigenvalue weighted by Crippen LogP contribution is -2.48. The van der Waals surface area contributed by atoms with E-state index in [9.17, 15) is 29.7 Å². The molecule has 0 heterocycles. The highest BCUT2D eigenvalue weighted by atomic mass is 32.1. The van der Waals surface area contributed by atoms with Gasteiger partial charge in [-0.15, -0.1) is 0 Å². The monoisotopic (exact) mass is 868 g/mol. The number of nitrogens with one attached hydrogen (secondary N) is 4. The van der Waals surface area contributed by atoms with E-state index in [1.165, 1.54) is 0 Å². The number of aliphatic carboxylic acids is 1. The second kappa shape index (κ2) is 29.0. The topological polar surface area (TPSA) is 212 Å². The van der Waals surface area contributed by atoms with Crippen molar-refractivity contribution in [2.24, 2.45) is 0 Å². The third kappa shape index (κ3) is 19.8. The molecule has 0 aliphatic carbocycles. The molecule has 0 aliphatic rings. The van der Waals surface area contributed by atoms with Crippen LogP contribution in [0.3, 0.4) is 0 Å². The summed E-state index contributed by atoms with van der Waals surface area (Å²) in [6, 6.07) is 31.6. The van der Waals surface area contributed by atoms with Crippen LogP contribution in [-0.4, -0.2) is 93.2 Å². The molecule has 0 unspecified atom stereocenters. The van der Waals surface area contributed by atoms with E-state index in [0.717, 1.165) is 33.4 Å². The van der Waals surface area contributed by atoms with Crippen molar-refractivity contribution in [3.63, 3.8) is 0 Å². The Hall–Kier alpha value is -6.39. The summed E-state index contributed by atoms with van der Waals surface area (Å²) in [7, 11) is 3.43. The average molecular weight is 869 g/mol. The van der Waals surface area contributed by atoms with E-state index < -0.39 is 42.7 Å². The lowest BCUT2D eigenvalue weighted by atomic mass is 10.0. The number of carbonyl (C=O) groups is 4. The molecular weight excluding hydrogens is 809 g/mol. The van der Waals surface area contributed by atoms with Crippen LogP contribution in [0.4, 0.5) is 0 Å². The molecule has 0 saturated heterocycles. The number of hydrogen-bond donors (Lipinski definition) is 6. The molecule has 2 amide bonds. The summed E-state index contributed by atoms with van der Waals surface area (Å²) in [5.41, 5.74) is 5.88. The molecule has 14 nitrogen and oxygen atoms in total. The molecule has 0 aromatic heterocycles. The summed E-state index contributed by atoms with van der Waals surface area (Å²) in [6.07, 6.45) is 3.31. The molecule has 0 radical (unpaired) electrons. The molecule has 0 bridgehead atoms. The van der Waals surface area contributed by atoms with Crippen LogP contribution in [-0.2, 0) is 49.6 Å². The van der Waals surface area contributed by atoms with E-state index >= 15 is 0 Å². The first-order chi connectivity index (χ1) is 30.3. The quantitative estimate of drug-likeness (QED) is 0.0497. The Balaban J connectivity index is 0.000000419. The van der Waals surface area contributed by atoms with Crippen molar-refractivity contribution in [1.82, 2.24) is 21.3 Å². The van der Waals surface area contributed by atoms with Crippen LogP contribution in [0, 0.1) is 36.5 Å². The van der Waals surface area contributed by atoms with E-state index in [-0.39, 0.29) is 38.3 Å². The molecule has 0 fully saturated rings. The van der Waals surface area contributed by atoms with Gasteiger partial charge in [0.2, 0.25) is 11.8 Å². The molecule has 330 valence electrons. The summed E-state index contributed by atoms with van der Waals surface area (Å²) in [4.78, 5) is 47.5.